The number of rotatable bonds is 9. The number of fused-ring (bicyclic) bond motifs is 1. The number of nitrogens with one attached hydrogen (secondary N) is 1. The highest BCUT2D eigenvalue weighted by Crippen LogP contribution is 2.27. The molecule has 1 aromatic heterocycles. The molecule has 0 saturated carbocycles. The minimum Gasteiger partial charge on any atom is -0.480 e. The van der Waals surface area contributed by atoms with Crippen molar-refractivity contribution in [2.24, 2.45) is 0 Å². The van der Waals surface area contributed by atoms with Crippen molar-refractivity contribution < 1.29 is 14.6 Å². The molecule has 0 bridgehead atoms. The number of aryl methyl sites for hydroxylation is 2. The van der Waals surface area contributed by atoms with Crippen molar-refractivity contribution in [1.82, 2.24) is 9.88 Å². The lowest BCUT2D eigenvalue weighted by atomic mass is 10.0. The number of carboxylic acid groups (broad SMARTS) is 1. The number of benzene rings is 1. The third-order valence-electron chi connectivity index (χ3n) is 6.34. The zero-order chi connectivity index (χ0) is 21.6. The van der Waals surface area contributed by atoms with E-state index < -0.39 is 12.0 Å². The number of carboxylic acids is 1. The zero-order valence-electron chi connectivity index (χ0n) is 18.3. The molecule has 0 radical (unpaired) electrons. The second-order valence-corrected chi connectivity index (χ2v) is 8.78. The summed E-state index contributed by atoms with van der Waals surface area (Å²) in [6, 6.07) is 13.7. The summed E-state index contributed by atoms with van der Waals surface area (Å²) in [6.45, 7) is 4.34. The number of pyridine rings is 1. The number of unbranched alkanes of at least 4 members (excludes halogenated alkanes) is 1. The summed E-state index contributed by atoms with van der Waals surface area (Å²) in [5, 5.41) is 13.2. The van der Waals surface area contributed by atoms with E-state index in [0.29, 0.717) is 19.2 Å². The molecule has 6 heteroatoms. The minimum absolute atomic E-state index is 0.109. The molecule has 166 valence electrons. The zero-order valence-corrected chi connectivity index (χ0v) is 18.3. The Morgan fingerprint density at radius 1 is 1.23 bits per heavy atom. The van der Waals surface area contributed by atoms with Gasteiger partial charge in [0.05, 0.1) is 6.10 Å². The average Bonchev–Trinajstić information content (AvgIpc) is 3.22. The molecule has 0 aliphatic carbocycles. The topological polar surface area (TPSA) is 74.7 Å². The molecular formula is C25H33N3O3. The van der Waals surface area contributed by atoms with Crippen molar-refractivity contribution in [3.8, 4) is 0 Å². The lowest BCUT2D eigenvalue weighted by Gasteiger charge is -2.24. The van der Waals surface area contributed by atoms with Crippen molar-refractivity contribution in [1.29, 1.82) is 0 Å². The van der Waals surface area contributed by atoms with Gasteiger partial charge in [0.15, 0.2) is 0 Å². The molecule has 3 heterocycles. The summed E-state index contributed by atoms with van der Waals surface area (Å²) in [7, 11) is 0. The number of likely N-dealkylation sites (tertiary alicyclic amines) is 1. The molecular weight excluding hydrogens is 390 g/mol. The summed E-state index contributed by atoms with van der Waals surface area (Å²) in [4.78, 5) is 18.7. The van der Waals surface area contributed by atoms with Crippen LogP contribution in [0.25, 0.3) is 0 Å². The highest BCUT2D eigenvalue weighted by Gasteiger charge is 2.33. The second-order valence-electron chi connectivity index (χ2n) is 8.78. The number of aromatic nitrogens is 1. The van der Waals surface area contributed by atoms with Gasteiger partial charge in [-0.1, -0.05) is 36.4 Å². The SMILES string of the molecule is CC1CCc2ccc(CCCCO[C@@H]3CCN([C@H](C(=O)O)c4ccccc4)C3)nc2N1. The van der Waals surface area contributed by atoms with Crippen LogP contribution in [0.3, 0.4) is 0 Å². The number of carbonyl (C=O) groups is 1. The number of ether oxygens (including phenoxy) is 1. The molecule has 4 rings (SSSR count). The smallest absolute Gasteiger partial charge is 0.325 e. The fourth-order valence-corrected chi connectivity index (χ4v) is 4.60. The van der Waals surface area contributed by atoms with Gasteiger partial charge in [0.1, 0.15) is 11.9 Å². The molecule has 31 heavy (non-hydrogen) atoms. The summed E-state index contributed by atoms with van der Waals surface area (Å²) in [6.07, 6.45) is 6.25. The Balaban J connectivity index is 1.19. The standard InChI is InChI=1S/C25H33N3O3/c1-18-10-11-20-12-13-21(27-24(20)26-18)9-5-6-16-31-22-14-15-28(17-22)23(25(29)30)19-7-3-2-4-8-19/h2-4,7-8,12-13,18,22-23H,5-6,9-11,14-17H2,1H3,(H,26,27)(H,29,30)/t18?,22-,23+/m1/s1. The number of hydrogen-bond donors (Lipinski definition) is 2. The molecule has 1 aromatic carbocycles. The molecule has 0 spiro atoms. The van der Waals surface area contributed by atoms with Gasteiger partial charge in [-0.3, -0.25) is 9.69 Å². The van der Waals surface area contributed by atoms with Gasteiger partial charge >= 0.3 is 5.97 Å². The molecule has 2 aliphatic heterocycles. The summed E-state index contributed by atoms with van der Waals surface area (Å²) >= 11 is 0. The van der Waals surface area contributed by atoms with Crippen LogP contribution in [0.15, 0.2) is 42.5 Å². The Labute approximate surface area is 184 Å². The number of nitrogens with zero attached hydrogens (tertiary/aromatic N) is 2. The van der Waals surface area contributed by atoms with E-state index in [9.17, 15) is 9.90 Å². The van der Waals surface area contributed by atoms with Crippen LogP contribution < -0.4 is 5.32 Å². The average molecular weight is 424 g/mol. The molecule has 6 nitrogen and oxygen atoms in total. The van der Waals surface area contributed by atoms with Crippen LogP contribution in [0, 0.1) is 0 Å². The van der Waals surface area contributed by atoms with Crippen LogP contribution >= 0.6 is 0 Å². The van der Waals surface area contributed by atoms with E-state index in [4.69, 9.17) is 9.72 Å². The predicted molar refractivity (Wildman–Crippen MR) is 121 cm³/mol. The quantitative estimate of drug-likeness (QED) is 0.593. The Kier molecular flexibility index (Phi) is 7.20. The summed E-state index contributed by atoms with van der Waals surface area (Å²) in [5.41, 5.74) is 3.29. The van der Waals surface area contributed by atoms with E-state index >= 15 is 0 Å². The van der Waals surface area contributed by atoms with E-state index in [2.05, 4.69) is 24.4 Å². The van der Waals surface area contributed by atoms with Crippen molar-refractivity contribution in [2.45, 2.75) is 63.6 Å². The van der Waals surface area contributed by atoms with E-state index in [-0.39, 0.29) is 6.10 Å². The Morgan fingerprint density at radius 3 is 2.87 bits per heavy atom. The second kappa shape index (κ2) is 10.2. The number of anilines is 1. The third kappa shape index (κ3) is 5.63. The van der Waals surface area contributed by atoms with Crippen LogP contribution in [-0.4, -0.2) is 52.8 Å². The van der Waals surface area contributed by atoms with Crippen LogP contribution in [0.2, 0.25) is 0 Å². The summed E-state index contributed by atoms with van der Waals surface area (Å²) in [5.74, 6) is 0.262. The van der Waals surface area contributed by atoms with E-state index in [1.807, 2.05) is 35.2 Å². The monoisotopic (exact) mass is 423 g/mol. The largest absolute Gasteiger partial charge is 0.480 e. The van der Waals surface area contributed by atoms with Gasteiger partial charge in [-0.05, 0) is 62.6 Å². The normalized spacial score (nSPS) is 22.0. The van der Waals surface area contributed by atoms with Crippen molar-refractivity contribution in [2.75, 3.05) is 25.0 Å². The van der Waals surface area contributed by atoms with E-state index in [1.165, 1.54) is 12.0 Å². The van der Waals surface area contributed by atoms with E-state index in [0.717, 1.165) is 55.7 Å². The molecule has 2 aromatic rings. The molecule has 3 atom stereocenters. The van der Waals surface area contributed by atoms with Gasteiger partial charge in [-0.15, -0.1) is 0 Å². The first-order valence-electron chi connectivity index (χ1n) is 11.5. The van der Waals surface area contributed by atoms with Crippen LogP contribution in [-0.2, 0) is 22.4 Å². The maximum atomic E-state index is 11.8. The maximum absolute atomic E-state index is 11.8. The molecule has 2 aliphatic rings. The van der Waals surface area contributed by atoms with Crippen molar-refractivity contribution in [3.05, 3.63) is 59.3 Å². The van der Waals surface area contributed by atoms with Crippen LogP contribution in [0.1, 0.15) is 55.5 Å². The fraction of sp³-hybridized carbons (Fsp3) is 0.520. The first-order chi connectivity index (χ1) is 15.1. The molecule has 2 N–H and O–H groups in total. The van der Waals surface area contributed by atoms with Crippen molar-refractivity contribution in [3.63, 3.8) is 0 Å². The van der Waals surface area contributed by atoms with Gasteiger partial charge in [-0.2, -0.15) is 0 Å². The molecule has 1 unspecified atom stereocenters. The highest BCUT2D eigenvalue weighted by molar-refractivity contribution is 5.75. The number of aliphatic carboxylic acids is 1. The van der Waals surface area contributed by atoms with Crippen LogP contribution in [0.5, 0.6) is 0 Å². The van der Waals surface area contributed by atoms with Crippen molar-refractivity contribution >= 4 is 11.8 Å². The maximum Gasteiger partial charge on any atom is 0.325 e. The molecule has 0 amide bonds. The van der Waals surface area contributed by atoms with Gasteiger partial charge in [-0.25, -0.2) is 4.98 Å². The number of hydrogen-bond acceptors (Lipinski definition) is 5. The fourth-order valence-electron chi connectivity index (χ4n) is 4.60. The lowest BCUT2D eigenvalue weighted by Crippen LogP contribution is -2.33. The van der Waals surface area contributed by atoms with Gasteiger partial charge in [0, 0.05) is 31.4 Å². The Hall–Kier alpha value is -2.44. The first-order valence-corrected chi connectivity index (χ1v) is 11.5. The Bertz CT molecular complexity index is 874. The van der Waals surface area contributed by atoms with Gasteiger partial charge in [0.2, 0.25) is 0 Å². The lowest BCUT2D eigenvalue weighted by molar-refractivity contribution is -0.143. The molecule has 1 fully saturated rings. The third-order valence-corrected chi connectivity index (χ3v) is 6.34. The van der Waals surface area contributed by atoms with Gasteiger partial charge < -0.3 is 15.2 Å². The summed E-state index contributed by atoms with van der Waals surface area (Å²) < 4.78 is 6.07. The highest BCUT2D eigenvalue weighted by atomic mass is 16.5. The Morgan fingerprint density at radius 2 is 2.06 bits per heavy atom. The van der Waals surface area contributed by atoms with Gasteiger partial charge in [0.25, 0.3) is 0 Å². The van der Waals surface area contributed by atoms with Crippen LogP contribution in [0.4, 0.5) is 5.82 Å². The predicted octanol–water partition coefficient (Wildman–Crippen LogP) is 4.07. The first kappa shape index (κ1) is 21.8. The molecule has 1 saturated heterocycles. The minimum atomic E-state index is -0.798. The van der Waals surface area contributed by atoms with E-state index in [1.54, 1.807) is 0 Å².